The molecule has 3 rings (SSSR count). The predicted octanol–water partition coefficient (Wildman–Crippen LogP) is 8.93. The third-order valence-electron chi connectivity index (χ3n) is 8.54. The monoisotopic (exact) mass is 451 g/mol. The summed E-state index contributed by atoms with van der Waals surface area (Å²) in [5.74, 6) is 1.46. The van der Waals surface area contributed by atoms with Crippen molar-refractivity contribution in [2.24, 2.45) is 22.7 Å². The molecule has 4 atom stereocenters. The quantitative estimate of drug-likeness (QED) is 0.401. The number of amides is 1. The summed E-state index contributed by atoms with van der Waals surface area (Å²) < 4.78 is 5.51. The number of ether oxygens (including phenoxy) is 1. The number of hydrogen-bond acceptors (Lipinski definition) is 2. The molecule has 0 unspecified atom stereocenters. The zero-order valence-electron chi connectivity index (χ0n) is 21.6. The molecular weight excluding hydrogens is 406 g/mol. The summed E-state index contributed by atoms with van der Waals surface area (Å²) in [6.07, 6.45) is 12.6. The van der Waals surface area contributed by atoms with Crippen LogP contribution in [-0.4, -0.2) is 12.2 Å². The molecule has 0 radical (unpaired) electrons. The number of nitrogens with one attached hydrogen (secondary N) is 1. The van der Waals surface area contributed by atoms with Gasteiger partial charge in [-0.2, -0.15) is 0 Å². The molecule has 0 aromatic heterocycles. The van der Waals surface area contributed by atoms with Crippen LogP contribution >= 0.6 is 0 Å². The van der Waals surface area contributed by atoms with Gasteiger partial charge in [0.2, 0.25) is 0 Å². The lowest BCUT2D eigenvalue weighted by Gasteiger charge is -2.58. The molecule has 2 aliphatic rings. The predicted molar refractivity (Wildman–Crippen MR) is 139 cm³/mol. The lowest BCUT2D eigenvalue weighted by atomic mass is 9.47. The van der Waals surface area contributed by atoms with Crippen LogP contribution in [0, 0.1) is 22.7 Å². The molecule has 1 N–H and O–H groups in total. The van der Waals surface area contributed by atoms with Gasteiger partial charge in [-0.05, 0) is 100 Å². The van der Waals surface area contributed by atoms with Crippen LogP contribution in [0.4, 0.5) is 10.5 Å². The topological polar surface area (TPSA) is 38.3 Å². The van der Waals surface area contributed by atoms with Crippen molar-refractivity contribution in [2.75, 3.05) is 5.32 Å². The Morgan fingerprint density at radius 1 is 1.24 bits per heavy atom. The van der Waals surface area contributed by atoms with Crippen LogP contribution in [0.5, 0.6) is 0 Å². The molecule has 1 aromatic carbocycles. The van der Waals surface area contributed by atoms with E-state index in [0.29, 0.717) is 16.7 Å². The number of allylic oxidation sites excluding steroid dienone is 3. The summed E-state index contributed by atoms with van der Waals surface area (Å²) in [4.78, 5) is 12.1. The van der Waals surface area contributed by atoms with Crippen molar-refractivity contribution in [3.05, 3.63) is 54.1 Å². The van der Waals surface area contributed by atoms with Gasteiger partial charge in [0.05, 0.1) is 0 Å². The number of benzene rings is 1. The maximum absolute atomic E-state index is 12.1. The van der Waals surface area contributed by atoms with Crippen molar-refractivity contribution in [2.45, 2.75) is 98.5 Å². The molecule has 3 heteroatoms. The average Bonchev–Trinajstić information content (AvgIpc) is 2.73. The largest absolute Gasteiger partial charge is 0.446 e. The van der Waals surface area contributed by atoms with E-state index in [2.05, 4.69) is 45.7 Å². The van der Waals surface area contributed by atoms with Crippen molar-refractivity contribution in [1.29, 1.82) is 0 Å². The molecule has 1 aromatic rings. The average molecular weight is 452 g/mol. The Hall–Kier alpha value is -2.03. The molecule has 0 saturated heterocycles. The first-order valence-corrected chi connectivity index (χ1v) is 13.0. The molecule has 0 bridgehead atoms. The van der Waals surface area contributed by atoms with Gasteiger partial charge in [-0.15, -0.1) is 0 Å². The molecule has 2 fully saturated rings. The normalized spacial score (nSPS) is 28.0. The van der Waals surface area contributed by atoms with Gasteiger partial charge < -0.3 is 4.74 Å². The van der Waals surface area contributed by atoms with Crippen molar-refractivity contribution < 1.29 is 9.53 Å². The fourth-order valence-corrected chi connectivity index (χ4v) is 6.76. The molecule has 0 heterocycles. The molecule has 0 aliphatic heterocycles. The third kappa shape index (κ3) is 6.52. The Bertz CT molecular complexity index is 840. The molecule has 0 spiro atoms. The molecule has 3 nitrogen and oxygen atoms in total. The fourth-order valence-electron chi connectivity index (χ4n) is 6.76. The highest BCUT2D eigenvalue weighted by atomic mass is 16.6. The van der Waals surface area contributed by atoms with E-state index in [1.165, 1.54) is 49.7 Å². The van der Waals surface area contributed by atoms with Crippen molar-refractivity contribution in [3.8, 4) is 0 Å². The Labute approximate surface area is 202 Å². The number of para-hydroxylation sites is 1. The van der Waals surface area contributed by atoms with E-state index >= 15 is 0 Å². The van der Waals surface area contributed by atoms with Gasteiger partial charge in [0, 0.05) is 5.69 Å². The minimum Gasteiger partial charge on any atom is -0.446 e. The zero-order valence-corrected chi connectivity index (χ0v) is 21.6. The van der Waals surface area contributed by atoms with Crippen LogP contribution in [0.25, 0.3) is 0 Å². The summed E-state index contributed by atoms with van der Waals surface area (Å²) in [5, 5.41) is 2.78. The summed E-state index contributed by atoms with van der Waals surface area (Å²) in [6.45, 7) is 16.3. The van der Waals surface area contributed by atoms with Gasteiger partial charge in [-0.3, -0.25) is 5.32 Å². The molecule has 182 valence electrons. The molecule has 2 saturated carbocycles. The first kappa shape index (κ1) is 25.6. The molecule has 33 heavy (non-hydrogen) atoms. The van der Waals surface area contributed by atoms with Gasteiger partial charge in [0.15, 0.2) is 0 Å². The van der Waals surface area contributed by atoms with Crippen LogP contribution < -0.4 is 5.32 Å². The summed E-state index contributed by atoms with van der Waals surface area (Å²) >= 11 is 0. The first-order valence-electron chi connectivity index (χ1n) is 13.0. The maximum atomic E-state index is 12.1. The lowest BCUT2D eigenvalue weighted by molar-refractivity contribution is -0.0539. The second-order valence-corrected chi connectivity index (χ2v) is 11.5. The minimum absolute atomic E-state index is 0.111. The number of rotatable bonds is 8. The number of carbonyl (C=O) groups is 1. The number of hydrogen-bond donors (Lipinski definition) is 1. The highest BCUT2D eigenvalue weighted by Gasteiger charge is 2.52. The van der Waals surface area contributed by atoms with Crippen molar-refractivity contribution in [3.63, 3.8) is 0 Å². The van der Waals surface area contributed by atoms with Crippen LogP contribution in [0.15, 0.2) is 54.1 Å². The Morgan fingerprint density at radius 3 is 2.70 bits per heavy atom. The van der Waals surface area contributed by atoms with Crippen molar-refractivity contribution in [1.82, 2.24) is 0 Å². The van der Waals surface area contributed by atoms with Gasteiger partial charge in [-0.1, -0.05) is 69.2 Å². The molecule has 1 amide bonds. The highest BCUT2D eigenvalue weighted by Crippen LogP contribution is 2.61. The van der Waals surface area contributed by atoms with E-state index in [4.69, 9.17) is 4.74 Å². The summed E-state index contributed by atoms with van der Waals surface area (Å²) in [7, 11) is 0. The number of anilines is 1. The van der Waals surface area contributed by atoms with Crippen LogP contribution in [-0.2, 0) is 4.74 Å². The van der Waals surface area contributed by atoms with E-state index in [0.717, 1.165) is 30.9 Å². The van der Waals surface area contributed by atoms with Gasteiger partial charge in [0.25, 0.3) is 0 Å². The minimum atomic E-state index is -0.386. The molecular formula is C30H45NO2. The Balaban J connectivity index is 1.45. The summed E-state index contributed by atoms with van der Waals surface area (Å²) in [5.41, 5.74) is 4.56. The second-order valence-electron chi connectivity index (χ2n) is 11.5. The van der Waals surface area contributed by atoms with E-state index in [1.807, 2.05) is 37.3 Å². The van der Waals surface area contributed by atoms with E-state index in [9.17, 15) is 4.79 Å². The fraction of sp³-hybridized carbons (Fsp3) is 0.633. The number of carbonyl (C=O) groups excluding carboxylic acids is 1. The smallest absolute Gasteiger partial charge is 0.411 e. The van der Waals surface area contributed by atoms with Crippen molar-refractivity contribution >= 4 is 11.8 Å². The number of fused-ring (bicyclic) bond motifs is 1. The van der Waals surface area contributed by atoms with E-state index < -0.39 is 0 Å². The van der Waals surface area contributed by atoms with Crippen LogP contribution in [0.2, 0.25) is 0 Å². The SMILES string of the molecule is C=C1CC[C@H]2C(C)(C)CCC[C@@]2(C)[C@@H]1CC/C(C)=C/CC[C@H](C)OC(=O)Nc1ccccc1. The second kappa shape index (κ2) is 10.9. The van der Waals surface area contributed by atoms with E-state index in [-0.39, 0.29) is 12.2 Å². The van der Waals surface area contributed by atoms with Gasteiger partial charge in [-0.25, -0.2) is 4.79 Å². The Kier molecular flexibility index (Phi) is 8.48. The standard InChI is InChI=1S/C30H45NO2/c1-22(12-10-13-24(3)33-28(32)31-25-14-8-7-9-15-25)16-18-26-23(2)17-19-27-29(4,5)20-11-21-30(26,27)6/h7-9,12,14-15,24,26-27H,2,10-11,13,16-21H2,1,3-6H3,(H,31,32)/b22-12+/t24-,26+,27-,30-/m0/s1. The maximum Gasteiger partial charge on any atom is 0.411 e. The van der Waals surface area contributed by atoms with Gasteiger partial charge in [0.1, 0.15) is 6.10 Å². The van der Waals surface area contributed by atoms with Crippen LogP contribution in [0.1, 0.15) is 92.4 Å². The van der Waals surface area contributed by atoms with Crippen LogP contribution in [0.3, 0.4) is 0 Å². The highest BCUT2D eigenvalue weighted by molar-refractivity contribution is 5.84. The Morgan fingerprint density at radius 2 is 1.97 bits per heavy atom. The molecule has 2 aliphatic carbocycles. The van der Waals surface area contributed by atoms with Gasteiger partial charge >= 0.3 is 6.09 Å². The zero-order chi connectivity index (χ0) is 24.1. The first-order chi connectivity index (χ1) is 15.6. The lowest BCUT2D eigenvalue weighted by Crippen LogP contribution is -2.49. The third-order valence-corrected chi connectivity index (χ3v) is 8.54. The van der Waals surface area contributed by atoms with E-state index in [1.54, 1.807) is 0 Å². The summed E-state index contributed by atoms with van der Waals surface area (Å²) in [6, 6.07) is 9.42.